The molecule has 0 atom stereocenters. The molecule has 2 aromatic heterocycles. The molecule has 1 aliphatic heterocycles. The summed E-state index contributed by atoms with van der Waals surface area (Å²) in [6, 6.07) is 0. The van der Waals surface area contributed by atoms with E-state index in [2.05, 4.69) is 4.90 Å². The molecule has 2 N–H and O–H groups in total. The summed E-state index contributed by atoms with van der Waals surface area (Å²) in [7, 11) is 0. The lowest BCUT2D eigenvalue weighted by Crippen LogP contribution is -2.34. The molecule has 0 unspecified atom stereocenters. The van der Waals surface area contributed by atoms with Crippen LogP contribution < -0.4 is 11.3 Å². The second-order valence-corrected chi connectivity index (χ2v) is 7.84. The van der Waals surface area contributed by atoms with E-state index in [4.69, 9.17) is 10.7 Å². The second kappa shape index (κ2) is 6.29. The van der Waals surface area contributed by atoms with Crippen LogP contribution in [-0.4, -0.2) is 33.4 Å². The van der Waals surface area contributed by atoms with Gasteiger partial charge in [-0.25, -0.2) is 4.98 Å². The van der Waals surface area contributed by atoms with Crippen LogP contribution in [0.2, 0.25) is 0 Å². The summed E-state index contributed by atoms with van der Waals surface area (Å²) in [6.45, 7) is 2.56. The molecule has 0 spiro atoms. The van der Waals surface area contributed by atoms with Gasteiger partial charge < -0.3 is 5.73 Å². The molecule has 1 saturated heterocycles. The maximum Gasteiger partial charge on any atom is 0.263 e. The van der Waals surface area contributed by atoms with E-state index >= 15 is 0 Å². The zero-order valence-electron chi connectivity index (χ0n) is 13.7. The summed E-state index contributed by atoms with van der Waals surface area (Å²) >= 11 is 1.65. The van der Waals surface area contributed by atoms with Crippen molar-refractivity contribution in [3.63, 3.8) is 0 Å². The Balaban J connectivity index is 1.86. The molecule has 24 heavy (non-hydrogen) atoms. The third-order valence-electron chi connectivity index (χ3n) is 5.03. The number of primary amides is 1. The SMILES string of the molecule is NC(=O)Cn1c(CN2CCCC2)nc2sc3c(c2c1=O)CCCC3. The van der Waals surface area contributed by atoms with Crippen molar-refractivity contribution in [3.05, 3.63) is 26.6 Å². The van der Waals surface area contributed by atoms with Crippen molar-refractivity contribution in [1.82, 2.24) is 14.5 Å². The predicted octanol–water partition coefficient (Wildman–Crippen LogP) is 1.42. The van der Waals surface area contributed by atoms with Crippen LogP contribution in [0.25, 0.3) is 10.2 Å². The molecule has 4 rings (SSSR count). The molecule has 0 saturated carbocycles. The van der Waals surface area contributed by atoms with E-state index in [0.717, 1.165) is 48.1 Å². The number of nitrogens with zero attached hydrogens (tertiary/aromatic N) is 3. The first kappa shape index (κ1) is 15.8. The van der Waals surface area contributed by atoms with Gasteiger partial charge in [-0.2, -0.15) is 0 Å². The van der Waals surface area contributed by atoms with Crippen LogP contribution in [0.1, 0.15) is 41.9 Å². The average molecular weight is 346 g/mol. The highest BCUT2D eigenvalue weighted by atomic mass is 32.1. The van der Waals surface area contributed by atoms with E-state index < -0.39 is 5.91 Å². The second-order valence-electron chi connectivity index (χ2n) is 6.76. The molecular formula is C17H22N4O2S. The van der Waals surface area contributed by atoms with E-state index in [9.17, 15) is 9.59 Å². The molecule has 7 heteroatoms. The predicted molar refractivity (Wildman–Crippen MR) is 94.2 cm³/mol. The van der Waals surface area contributed by atoms with Crippen LogP contribution in [0.4, 0.5) is 0 Å². The Morgan fingerprint density at radius 1 is 1.17 bits per heavy atom. The fourth-order valence-electron chi connectivity index (χ4n) is 3.86. The number of hydrogen-bond donors (Lipinski definition) is 1. The molecule has 6 nitrogen and oxygen atoms in total. The summed E-state index contributed by atoms with van der Waals surface area (Å²) in [6.07, 6.45) is 6.62. The van der Waals surface area contributed by atoms with Gasteiger partial charge in [-0.3, -0.25) is 19.1 Å². The van der Waals surface area contributed by atoms with E-state index in [0.29, 0.717) is 12.4 Å². The highest BCUT2D eigenvalue weighted by Crippen LogP contribution is 2.33. The first-order valence-corrected chi connectivity index (χ1v) is 9.50. The maximum absolute atomic E-state index is 13.1. The Kier molecular flexibility index (Phi) is 4.14. The quantitative estimate of drug-likeness (QED) is 0.908. The third kappa shape index (κ3) is 2.75. The molecule has 3 heterocycles. The molecule has 2 aliphatic rings. The van der Waals surface area contributed by atoms with Gasteiger partial charge in [-0.05, 0) is 57.2 Å². The summed E-state index contributed by atoms with van der Waals surface area (Å²) in [5, 5.41) is 0.723. The van der Waals surface area contributed by atoms with E-state index in [-0.39, 0.29) is 12.1 Å². The smallest absolute Gasteiger partial charge is 0.263 e. The minimum Gasteiger partial charge on any atom is -0.368 e. The molecule has 1 aliphatic carbocycles. The van der Waals surface area contributed by atoms with Gasteiger partial charge in [0.25, 0.3) is 5.56 Å². The van der Waals surface area contributed by atoms with Crippen molar-refractivity contribution in [1.29, 1.82) is 0 Å². The minimum absolute atomic E-state index is 0.0877. The van der Waals surface area contributed by atoms with Gasteiger partial charge in [0.2, 0.25) is 5.91 Å². The van der Waals surface area contributed by atoms with Gasteiger partial charge in [0.15, 0.2) is 0 Å². The summed E-state index contributed by atoms with van der Waals surface area (Å²) in [5.74, 6) is 0.178. The number of carbonyl (C=O) groups is 1. The standard InChI is InChI=1S/C17H22N4O2S/c18-13(22)9-21-14(10-20-7-3-4-8-20)19-16-15(17(21)23)11-5-1-2-6-12(11)24-16/h1-10H2,(H2,18,22). The lowest BCUT2D eigenvalue weighted by Gasteiger charge is -2.17. The number of nitrogens with two attached hydrogens (primary N) is 1. The van der Waals surface area contributed by atoms with Crippen LogP contribution in [-0.2, 0) is 30.7 Å². The summed E-state index contributed by atoms with van der Waals surface area (Å²) in [4.78, 5) is 33.8. The number of aryl methyl sites for hydroxylation is 2. The monoisotopic (exact) mass is 346 g/mol. The minimum atomic E-state index is -0.495. The van der Waals surface area contributed by atoms with Crippen LogP contribution in [0.5, 0.6) is 0 Å². The van der Waals surface area contributed by atoms with Crippen molar-refractivity contribution in [2.45, 2.75) is 51.6 Å². The molecule has 0 bridgehead atoms. The first-order valence-electron chi connectivity index (χ1n) is 8.68. The van der Waals surface area contributed by atoms with Crippen molar-refractivity contribution >= 4 is 27.5 Å². The van der Waals surface area contributed by atoms with Gasteiger partial charge in [0, 0.05) is 4.88 Å². The van der Waals surface area contributed by atoms with Gasteiger partial charge in [0.1, 0.15) is 17.2 Å². The molecule has 2 aromatic rings. The Morgan fingerprint density at radius 3 is 2.67 bits per heavy atom. The van der Waals surface area contributed by atoms with Crippen LogP contribution in [0.15, 0.2) is 4.79 Å². The van der Waals surface area contributed by atoms with Crippen molar-refractivity contribution in [2.24, 2.45) is 5.73 Å². The van der Waals surface area contributed by atoms with Crippen molar-refractivity contribution < 1.29 is 4.79 Å². The number of carbonyl (C=O) groups excluding carboxylic acids is 1. The van der Waals surface area contributed by atoms with Gasteiger partial charge >= 0.3 is 0 Å². The lowest BCUT2D eigenvalue weighted by molar-refractivity contribution is -0.118. The number of hydrogen-bond acceptors (Lipinski definition) is 5. The van der Waals surface area contributed by atoms with E-state index in [1.165, 1.54) is 28.7 Å². The third-order valence-corrected chi connectivity index (χ3v) is 6.22. The lowest BCUT2D eigenvalue weighted by atomic mass is 9.97. The number of amides is 1. The Bertz CT molecular complexity index is 848. The average Bonchev–Trinajstić information content (AvgIpc) is 3.17. The van der Waals surface area contributed by atoms with Crippen LogP contribution in [0.3, 0.4) is 0 Å². The number of fused-ring (bicyclic) bond motifs is 3. The fraction of sp³-hybridized carbons (Fsp3) is 0.588. The normalized spacial score (nSPS) is 18.2. The Labute approximate surface area is 144 Å². The number of rotatable bonds is 4. The molecule has 0 aromatic carbocycles. The molecule has 1 fully saturated rings. The number of likely N-dealkylation sites (tertiary alicyclic amines) is 1. The number of aromatic nitrogens is 2. The molecule has 128 valence electrons. The Morgan fingerprint density at radius 2 is 1.92 bits per heavy atom. The van der Waals surface area contributed by atoms with Crippen molar-refractivity contribution in [2.75, 3.05) is 13.1 Å². The van der Waals surface area contributed by atoms with Gasteiger partial charge in [0.05, 0.1) is 11.9 Å². The largest absolute Gasteiger partial charge is 0.368 e. The van der Waals surface area contributed by atoms with E-state index in [1.807, 2.05) is 0 Å². The molecule has 0 radical (unpaired) electrons. The van der Waals surface area contributed by atoms with Crippen LogP contribution in [0, 0.1) is 0 Å². The maximum atomic E-state index is 13.1. The van der Waals surface area contributed by atoms with Gasteiger partial charge in [-0.15, -0.1) is 11.3 Å². The summed E-state index contributed by atoms with van der Waals surface area (Å²) < 4.78 is 1.50. The van der Waals surface area contributed by atoms with E-state index in [1.54, 1.807) is 11.3 Å². The van der Waals surface area contributed by atoms with Crippen molar-refractivity contribution in [3.8, 4) is 0 Å². The molecular weight excluding hydrogens is 324 g/mol. The number of thiophene rings is 1. The highest BCUT2D eigenvalue weighted by molar-refractivity contribution is 7.18. The zero-order valence-corrected chi connectivity index (χ0v) is 14.5. The van der Waals surface area contributed by atoms with Gasteiger partial charge in [-0.1, -0.05) is 0 Å². The van der Waals surface area contributed by atoms with Crippen LogP contribution >= 0.6 is 11.3 Å². The fourth-order valence-corrected chi connectivity index (χ4v) is 5.13. The summed E-state index contributed by atoms with van der Waals surface area (Å²) in [5.41, 5.74) is 6.46. The zero-order chi connectivity index (χ0) is 16.7. The highest BCUT2D eigenvalue weighted by Gasteiger charge is 2.23. The Hall–Kier alpha value is -1.73. The molecule has 1 amide bonds. The first-order chi connectivity index (χ1) is 11.6. The topological polar surface area (TPSA) is 81.2 Å².